The third-order valence-corrected chi connectivity index (χ3v) is 3.95. The highest BCUT2D eigenvalue weighted by Crippen LogP contribution is 2.19. The molecule has 0 aliphatic heterocycles. The number of aromatic nitrogens is 3. The Labute approximate surface area is 152 Å². The molecule has 0 fully saturated rings. The zero-order chi connectivity index (χ0) is 18.4. The van der Waals surface area contributed by atoms with Gasteiger partial charge in [-0.05, 0) is 41.3 Å². The number of nitrogens with zero attached hydrogens (tertiary/aromatic N) is 3. The second kappa shape index (κ2) is 8.20. The number of carbonyl (C=O) groups is 1. The van der Waals surface area contributed by atoms with Gasteiger partial charge in [0.05, 0.1) is 0 Å². The maximum absolute atomic E-state index is 12.3. The quantitative estimate of drug-likeness (QED) is 0.711. The van der Waals surface area contributed by atoms with Gasteiger partial charge in [-0.1, -0.05) is 26.0 Å². The van der Waals surface area contributed by atoms with Crippen molar-refractivity contribution in [2.24, 2.45) is 0 Å². The molecule has 3 aromatic rings. The van der Waals surface area contributed by atoms with Gasteiger partial charge in [-0.2, -0.15) is 0 Å². The second-order valence-electron chi connectivity index (χ2n) is 6.23. The summed E-state index contributed by atoms with van der Waals surface area (Å²) in [5.74, 6) is 0.813. The molecule has 3 rings (SSSR count). The Morgan fingerprint density at radius 3 is 2.46 bits per heavy atom. The number of benzene rings is 1. The minimum atomic E-state index is -0.248. The SMILES string of the molecule is CC(C)c1ccc(Nc2cc(C(=O)NCc3ccncc3)ncn2)cc1. The van der Waals surface area contributed by atoms with E-state index >= 15 is 0 Å². The largest absolute Gasteiger partial charge is 0.347 e. The number of hydrogen-bond acceptors (Lipinski definition) is 5. The van der Waals surface area contributed by atoms with Crippen molar-refractivity contribution in [3.63, 3.8) is 0 Å². The van der Waals surface area contributed by atoms with Crippen LogP contribution in [-0.4, -0.2) is 20.9 Å². The van der Waals surface area contributed by atoms with Gasteiger partial charge in [-0.3, -0.25) is 9.78 Å². The Kier molecular flexibility index (Phi) is 5.53. The first-order valence-electron chi connectivity index (χ1n) is 8.48. The van der Waals surface area contributed by atoms with Crippen molar-refractivity contribution in [3.8, 4) is 0 Å². The molecule has 0 unspecified atom stereocenters. The Bertz CT molecular complexity index is 863. The van der Waals surface area contributed by atoms with E-state index in [4.69, 9.17) is 0 Å². The maximum Gasteiger partial charge on any atom is 0.270 e. The molecule has 6 heteroatoms. The van der Waals surface area contributed by atoms with E-state index in [0.717, 1.165) is 11.3 Å². The number of carbonyl (C=O) groups excluding carboxylic acids is 1. The van der Waals surface area contributed by atoms with E-state index < -0.39 is 0 Å². The van der Waals surface area contributed by atoms with Gasteiger partial charge in [-0.25, -0.2) is 9.97 Å². The van der Waals surface area contributed by atoms with Crippen molar-refractivity contribution in [1.29, 1.82) is 0 Å². The molecule has 0 saturated heterocycles. The first-order chi connectivity index (χ1) is 12.6. The summed E-state index contributed by atoms with van der Waals surface area (Å²) in [4.78, 5) is 24.5. The van der Waals surface area contributed by atoms with Gasteiger partial charge < -0.3 is 10.6 Å². The Morgan fingerprint density at radius 2 is 1.77 bits per heavy atom. The number of nitrogens with one attached hydrogen (secondary N) is 2. The summed E-state index contributed by atoms with van der Waals surface area (Å²) in [5.41, 5.74) is 3.48. The zero-order valence-corrected chi connectivity index (χ0v) is 14.8. The summed E-state index contributed by atoms with van der Waals surface area (Å²) in [6, 6.07) is 13.5. The summed E-state index contributed by atoms with van der Waals surface area (Å²) in [6.45, 7) is 4.73. The van der Waals surface area contributed by atoms with Crippen LogP contribution in [0.2, 0.25) is 0 Å². The number of hydrogen-bond donors (Lipinski definition) is 2. The Morgan fingerprint density at radius 1 is 1.04 bits per heavy atom. The minimum absolute atomic E-state index is 0.248. The molecule has 0 aliphatic rings. The highest BCUT2D eigenvalue weighted by molar-refractivity contribution is 5.92. The fraction of sp³-hybridized carbons (Fsp3) is 0.200. The molecular weight excluding hydrogens is 326 g/mol. The molecule has 2 aromatic heterocycles. The Balaban J connectivity index is 1.64. The molecule has 0 spiro atoms. The van der Waals surface area contributed by atoms with E-state index in [1.807, 2.05) is 24.3 Å². The van der Waals surface area contributed by atoms with Crippen LogP contribution in [0.3, 0.4) is 0 Å². The number of anilines is 2. The number of pyridine rings is 1. The molecule has 0 bridgehead atoms. The minimum Gasteiger partial charge on any atom is -0.347 e. The van der Waals surface area contributed by atoms with Gasteiger partial charge in [0.15, 0.2) is 0 Å². The van der Waals surface area contributed by atoms with Crippen LogP contribution in [0.15, 0.2) is 61.2 Å². The summed E-state index contributed by atoms with van der Waals surface area (Å²) in [5, 5.41) is 6.04. The molecule has 0 radical (unpaired) electrons. The van der Waals surface area contributed by atoms with E-state index in [-0.39, 0.29) is 5.91 Å². The lowest BCUT2D eigenvalue weighted by atomic mass is 10.0. The summed E-state index contributed by atoms with van der Waals surface area (Å²) >= 11 is 0. The van der Waals surface area contributed by atoms with Crippen molar-refractivity contribution >= 4 is 17.4 Å². The predicted molar refractivity (Wildman–Crippen MR) is 101 cm³/mol. The lowest BCUT2D eigenvalue weighted by Gasteiger charge is -2.09. The van der Waals surface area contributed by atoms with Crippen LogP contribution in [-0.2, 0) is 6.54 Å². The van der Waals surface area contributed by atoms with Gasteiger partial charge >= 0.3 is 0 Å². The van der Waals surface area contributed by atoms with Crippen LogP contribution >= 0.6 is 0 Å². The van der Waals surface area contributed by atoms with E-state index in [2.05, 4.69) is 51.6 Å². The van der Waals surface area contributed by atoms with Crippen LogP contribution in [0.25, 0.3) is 0 Å². The normalized spacial score (nSPS) is 10.6. The zero-order valence-electron chi connectivity index (χ0n) is 14.8. The summed E-state index contributed by atoms with van der Waals surface area (Å²) in [7, 11) is 0. The standard InChI is InChI=1S/C20H21N5O/c1-14(2)16-3-5-17(6-4-16)25-19-11-18(23-13-24-19)20(26)22-12-15-7-9-21-10-8-15/h3-11,13-14H,12H2,1-2H3,(H,22,26)(H,23,24,25). The molecule has 132 valence electrons. The highest BCUT2D eigenvalue weighted by Gasteiger charge is 2.09. The van der Waals surface area contributed by atoms with Crippen LogP contribution in [0.1, 0.15) is 41.4 Å². The van der Waals surface area contributed by atoms with Crippen LogP contribution in [0, 0.1) is 0 Å². The fourth-order valence-corrected chi connectivity index (χ4v) is 2.42. The first kappa shape index (κ1) is 17.5. The second-order valence-corrected chi connectivity index (χ2v) is 6.23. The van der Waals surface area contributed by atoms with Crippen LogP contribution in [0.4, 0.5) is 11.5 Å². The Hall–Kier alpha value is -3.28. The van der Waals surface area contributed by atoms with Gasteiger partial charge in [-0.15, -0.1) is 0 Å². The number of amides is 1. The van der Waals surface area contributed by atoms with Crippen molar-refractivity contribution in [3.05, 3.63) is 78.0 Å². The van der Waals surface area contributed by atoms with Crippen molar-refractivity contribution < 1.29 is 4.79 Å². The summed E-state index contributed by atoms with van der Waals surface area (Å²) < 4.78 is 0. The topological polar surface area (TPSA) is 79.8 Å². The predicted octanol–water partition coefficient (Wildman–Crippen LogP) is 3.67. The van der Waals surface area contributed by atoms with Crippen molar-refractivity contribution in [2.75, 3.05) is 5.32 Å². The van der Waals surface area contributed by atoms with Crippen LogP contribution in [0.5, 0.6) is 0 Å². The monoisotopic (exact) mass is 347 g/mol. The highest BCUT2D eigenvalue weighted by atomic mass is 16.1. The molecule has 1 aromatic carbocycles. The average molecular weight is 347 g/mol. The lowest BCUT2D eigenvalue weighted by Crippen LogP contribution is -2.24. The molecule has 1 amide bonds. The molecule has 2 heterocycles. The average Bonchev–Trinajstić information content (AvgIpc) is 2.67. The third kappa shape index (κ3) is 4.63. The van der Waals surface area contributed by atoms with E-state index in [1.54, 1.807) is 18.5 Å². The van der Waals surface area contributed by atoms with Crippen molar-refractivity contribution in [2.45, 2.75) is 26.3 Å². The smallest absolute Gasteiger partial charge is 0.270 e. The summed E-state index contributed by atoms with van der Waals surface area (Å²) in [6.07, 6.45) is 4.77. The lowest BCUT2D eigenvalue weighted by molar-refractivity contribution is 0.0946. The van der Waals surface area contributed by atoms with E-state index in [9.17, 15) is 4.79 Å². The number of rotatable bonds is 6. The fourth-order valence-electron chi connectivity index (χ4n) is 2.42. The molecule has 0 saturated carbocycles. The van der Waals surface area contributed by atoms with E-state index in [1.165, 1.54) is 11.9 Å². The first-order valence-corrected chi connectivity index (χ1v) is 8.48. The van der Waals surface area contributed by atoms with Gasteiger partial charge in [0.25, 0.3) is 5.91 Å². The maximum atomic E-state index is 12.3. The van der Waals surface area contributed by atoms with E-state index in [0.29, 0.717) is 24.0 Å². The van der Waals surface area contributed by atoms with Gasteiger partial charge in [0, 0.05) is 30.7 Å². The van der Waals surface area contributed by atoms with Crippen LogP contribution < -0.4 is 10.6 Å². The third-order valence-electron chi connectivity index (χ3n) is 3.95. The molecule has 0 atom stereocenters. The van der Waals surface area contributed by atoms with Gasteiger partial charge in [0.1, 0.15) is 17.8 Å². The molecule has 2 N–H and O–H groups in total. The molecule has 0 aliphatic carbocycles. The van der Waals surface area contributed by atoms with Gasteiger partial charge in [0.2, 0.25) is 0 Å². The molecule has 26 heavy (non-hydrogen) atoms. The molecular formula is C20H21N5O. The van der Waals surface area contributed by atoms with Crippen molar-refractivity contribution in [1.82, 2.24) is 20.3 Å². The molecule has 6 nitrogen and oxygen atoms in total.